The molecule has 0 amide bonds. The van der Waals surface area contributed by atoms with E-state index in [1.165, 1.54) is 22.3 Å². The highest BCUT2D eigenvalue weighted by Crippen LogP contribution is 2.26. The average Bonchev–Trinajstić information content (AvgIpc) is 2.49. The van der Waals surface area contributed by atoms with Gasteiger partial charge in [0.2, 0.25) is 0 Å². The van der Waals surface area contributed by atoms with Crippen LogP contribution in [0.5, 0.6) is 0 Å². The Morgan fingerprint density at radius 1 is 1.05 bits per heavy atom. The third-order valence-corrected chi connectivity index (χ3v) is 3.62. The zero-order valence-corrected chi connectivity index (χ0v) is 12.6. The van der Waals surface area contributed by atoms with Gasteiger partial charge in [-0.2, -0.15) is 0 Å². The lowest BCUT2D eigenvalue weighted by atomic mass is 9.93. The van der Waals surface area contributed by atoms with Crippen LogP contribution in [0, 0.1) is 6.92 Å². The van der Waals surface area contributed by atoms with Crippen LogP contribution in [0.25, 0.3) is 0 Å². The number of nitrogens with zero attached hydrogens (tertiary/aromatic N) is 2. The summed E-state index contributed by atoms with van der Waals surface area (Å²) < 4.78 is 0. The van der Waals surface area contributed by atoms with Gasteiger partial charge in [0.1, 0.15) is 0 Å². The fourth-order valence-corrected chi connectivity index (χ4v) is 2.47. The van der Waals surface area contributed by atoms with E-state index in [2.05, 4.69) is 48.2 Å². The topological polar surface area (TPSA) is 37.8 Å². The van der Waals surface area contributed by atoms with Crippen molar-refractivity contribution in [2.75, 3.05) is 6.54 Å². The van der Waals surface area contributed by atoms with Gasteiger partial charge >= 0.3 is 0 Å². The van der Waals surface area contributed by atoms with Crippen LogP contribution in [-0.4, -0.2) is 16.5 Å². The van der Waals surface area contributed by atoms with Gasteiger partial charge in [-0.25, -0.2) is 0 Å². The summed E-state index contributed by atoms with van der Waals surface area (Å²) >= 11 is 0. The molecule has 0 bridgehead atoms. The highest BCUT2D eigenvalue weighted by Gasteiger charge is 2.18. The minimum atomic E-state index is 0.196. The standard InChI is InChI=1S/C17H23N3/c1-4-8-20-17(16-12-19-9-6-13(16)3)15-7-10-18-11-14(15)5-2/h6-7,9-12,17,20H,4-5,8H2,1-3H3. The first-order chi connectivity index (χ1) is 9.77. The number of rotatable bonds is 6. The maximum atomic E-state index is 4.30. The van der Waals surface area contributed by atoms with Crippen molar-refractivity contribution in [3.8, 4) is 0 Å². The van der Waals surface area contributed by atoms with Crippen LogP contribution in [0.15, 0.2) is 36.9 Å². The van der Waals surface area contributed by atoms with E-state index in [1.54, 1.807) is 0 Å². The molecule has 0 saturated heterocycles. The summed E-state index contributed by atoms with van der Waals surface area (Å²) in [7, 11) is 0. The van der Waals surface area contributed by atoms with E-state index in [-0.39, 0.29) is 6.04 Å². The predicted octanol–water partition coefficient (Wildman–Crippen LogP) is 3.44. The molecule has 0 aromatic carbocycles. The number of hydrogen-bond donors (Lipinski definition) is 1. The van der Waals surface area contributed by atoms with Gasteiger partial charge in [0.25, 0.3) is 0 Å². The Balaban J connectivity index is 2.44. The summed E-state index contributed by atoms with van der Waals surface area (Å²) in [6, 6.07) is 4.39. The number of pyridine rings is 2. The minimum Gasteiger partial charge on any atom is -0.306 e. The molecule has 0 fully saturated rings. The molecule has 2 aromatic rings. The first kappa shape index (κ1) is 14.7. The van der Waals surface area contributed by atoms with Crippen LogP contribution in [-0.2, 0) is 6.42 Å². The molecule has 1 atom stereocenters. The summed E-state index contributed by atoms with van der Waals surface area (Å²) in [4.78, 5) is 8.55. The minimum absolute atomic E-state index is 0.196. The lowest BCUT2D eigenvalue weighted by Gasteiger charge is -2.23. The zero-order chi connectivity index (χ0) is 14.4. The molecule has 0 spiro atoms. The Labute approximate surface area is 121 Å². The van der Waals surface area contributed by atoms with Crippen molar-refractivity contribution in [2.45, 2.75) is 39.7 Å². The van der Waals surface area contributed by atoms with Gasteiger partial charge in [-0.1, -0.05) is 13.8 Å². The van der Waals surface area contributed by atoms with Crippen LogP contribution in [0.4, 0.5) is 0 Å². The first-order valence-corrected chi connectivity index (χ1v) is 7.34. The fourth-order valence-electron chi connectivity index (χ4n) is 2.47. The van der Waals surface area contributed by atoms with Crippen molar-refractivity contribution in [3.63, 3.8) is 0 Å². The van der Waals surface area contributed by atoms with Gasteiger partial charge in [0.15, 0.2) is 0 Å². The summed E-state index contributed by atoms with van der Waals surface area (Å²) in [5.74, 6) is 0. The summed E-state index contributed by atoms with van der Waals surface area (Å²) in [5.41, 5.74) is 5.13. The fraction of sp³-hybridized carbons (Fsp3) is 0.412. The number of hydrogen-bond acceptors (Lipinski definition) is 3. The van der Waals surface area contributed by atoms with E-state index >= 15 is 0 Å². The molecule has 1 N–H and O–H groups in total. The molecule has 106 valence electrons. The third kappa shape index (κ3) is 3.23. The molecule has 0 saturated carbocycles. The van der Waals surface area contributed by atoms with E-state index in [4.69, 9.17) is 0 Å². The van der Waals surface area contributed by atoms with Crippen LogP contribution >= 0.6 is 0 Å². The Morgan fingerprint density at radius 3 is 2.50 bits per heavy atom. The van der Waals surface area contributed by atoms with E-state index in [0.717, 1.165) is 19.4 Å². The quantitative estimate of drug-likeness (QED) is 0.873. The molecule has 2 aromatic heterocycles. The SMILES string of the molecule is CCCNC(c1cnccc1C)c1ccncc1CC. The Bertz CT molecular complexity index is 551. The van der Waals surface area contributed by atoms with Crippen molar-refractivity contribution >= 4 is 0 Å². The van der Waals surface area contributed by atoms with E-state index in [1.807, 2.05) is 24.8 Å². The Kier molecular flexibility index (Phi) is 5.24. The average molecular weight is 269 g/mol. The summed E-state index contributed by atoms with van der Waals surface area (Å²) in [6.07, 6.45) is 9.78. The van der Waals surface area contributed by atoms with Gasteiger partial charge in [-0.3, -0.25) is 9.97 Å². The molecule has 0 aliphatic carbocycles. The molecular formula is C17H23N3. The van der Waals surface area contributed by atoms with Crippen molar-refractivity contribution < 1.29 is 0 Å². The molecule has 3 heteroatoms. The molecular weight excluding hydrogens is 246 g/mol. The molecule has 3 nitrogen and oxygen atoms in total. The third-order valence-electron chi connectivity index (χ3n) is 3.62. The highest BCUT2D eigenvalue weighted by molar-refractivity contribution is 5.38. The summed E-state index contributed by atoms with van der Waals surface area (Å²) in [5, 5.41) is 3.65. The van der Waals surface area contributed by atoms with Crippen molar-refractivity contribution in [3.05, 3.63) is 59.2 Å². The maximum absolute atomic E-state index is 4.30. The molecule has 2 heterocycles. The van der Waals surface area contributed by atoms with Crippen molar-refractivity contribution in [1.29, 1.82) is 0 Å². The maximum Gasteiger partial charge on any atom is 0.0598 e. The Morgan fingerprint density at radius 2 is 1.80 bits per heavy atom. The Hall–Kier alpha value is -1.74. The second kappa shape index (κ2) is 7.15. The monoisotopic (exact) mass is 269 g/mol. The molecule has 0 aliphatic heterocycles. The number of aryl methyl sites for hydroxylation is 2. The molecule has 0 aliphatic rings. The lowest BCUT2D eigenvalue weighted by molar-refractivity contribution is 0.590. The summed E-state index contributed by atoms with van der Waals surface area (Å²) in [6.45, 7) is 7.50. The normalized spacial score (nSPS) is 12.3. The second-order valence-corrected chi connectivity index (χ2v) is 5.05. The molecule has 1 unspecified atom stereocenters. The van der Waals surface area contributed by atoms with Crippen LogP contribution in [0.3, 0.4) is 0 Å². The van der Waals surface area contributed by atoms with Crippen molar-refractivity contribution in [2.24, 2.45) is 0 Å². The lowest BCUT2D eigenvalue weighted by Crippen LogP contribution is -2.25. The largest absolute Gasteiger partial charge is 0.306 e. The first-order valence-electron chi connectivity index (χ1n) is 7.34. The second-order valence-electron chi connectivity index (χ2n) is 5.05. The van der Waals surface area contributed by atoms with Gasteiger partial charge in [0.05, 0.1) is 6.04 Å². The molecule has 0 radical (unpaired) electrons. The highest BCUT2D eigenvalue weighted by atomic mass is 14.9. The molecule has 20 heavy (non-hydrogen) atoms. The van der Waals surface area contributed by atoms with E-state index in [0.29, 0.717) is 0 Å². The van der Waals surface area contributed by atoms with E-state index < -0.39 is 0 Å². The molecule has 2 rings (SSSR count). The van der Waals surface area contributed by atoms with Crippen LogP contribution in [0.1, 0.15) is 48.6 Å². The zero-order valence-electron chi connectivity index (χ0n) is 12.6. The van der Waals surface area contributed by atoms with Crippen LogP contribution < -0.4 is 5.32 Å². The van der Waals surface area contributed by atoms with Gasteiger partial charge in [-0.05, 0) is 60.7 Å². The van der Waals surface area contributed by atoms with Gasteiger partial charge in [-0.15, -0.1) is 0 Å². The van der Waals surface area contributed by atoms with E-state index in [9.17, 15) is 0 Å². The van der Waals surface area contributed by atoms with Gasteiger partial charge < -0.3 is 5.32 Å². The van der Waals surface area contributed by atoms with Crippen LogP contribution in [0.2, 0.25) is 0 Å². The van der Waals surface area contributed by atoms with Crippen molar-refractivity contribution in [1.82, 2.24) is 15.3 Å². The smallest absolute Gasteiger partial charge is 0.0598 e. The predicted molar refractivity (Wildman–Crippen MR) is 82.7 cm³/mol. The number of aromatic nitrogens is 2. The van der Waals surface area contributed by atoms with Gasteiger partial charge in [0, 0.05) is 24.8 Å². The number of nitrogens with one attached hydrogen (secondary N) is 1.